The van der Waals surface area contributed by atoms with Crippen LogP contribution in [0.3, 0.4) is 0 Å². The summed E-state index contributed by atoms with van der Waals surface area (Å²) >= 11 is 0. The summed E-state index contributed by atoms with van der Waals surface area (Å²) in [5, 5.41) is 11.6. The van der Waals surface area contributed by atoms with Gasteiger partial charge in [0.2, 0.25) is 0 Å². The second kappa shape index (κ2) is 7.63. The van der Waals surface area contributed by atoms with Crippen LogP contribution in [0, 0.1) is 12.3 Å². The van der Waals surface area contributed by atoms with Gasteiger partial charge < -0.3 is 10.4 Å². The lowest BCUT2D eigenvalue weighted by atomic mass is 10.2. The predicted octanol–water partition coefficient (Wildman–Crippen LogP) is 1.24. The molecule has 0 bridgehead atoms. The molecule has 2 N–H and O–H groups in total. The van der Waals surface area contributed by atoms with E-state index in [1.165, 1.54) is 0 Å². The monoisotopic (exact) mass is 183 g/mol. The molecule has 3 heteroatoms. The zero-order valence-electron chi connectivity index (χ0n) is 8.05. The summed E-state index contributed by atoms with van der Waals surface area (Å²) in [6.45, 7) is 2.87. The molecule has 0 aliphatic rings. The van der Waals surface area contributed by atoms with Crippen molar-refractivity contribution >= 4 is 5.97 Å². The Labute approximate surface area is 79.5 Å². The number of terminal acetylenes is 1. The topological polar surface area (TPSA) is 49.3 Å². The Morgan fingerprint density at radius 3 is 2.85 bits per heavy atom. The molecule has 0 aromatic rings. The average molecular weight is 183 g/mol. The second-order valence-electron chi connectivity index (χ2n) is 3.11. The highest BCUT2D eigenvalue weighted by Gasteiger charge is 1.99. The summed E-state index contributed by atoms with van der Waals surface area (Å²) in [4.78, 5) is 10.2. The Morgan fingerprint density at radius 2 is 2.31 bits per heavy atom. The van der Waals surface area contributed by atoms with Crippen molar-refractivity contribution in [1.29, 1.82) is 0 Å². The minimum absolute atomic E-state index is 0.255. The van der Waals surface area contributed by atoms with Crippen molar-refractivity contribution in [3.8, 4) is 12.3 Å². The first kappa shape index (κ1) is 12.0. The van der Waals surface area contributed by atoms with Gasteiger partial charge in [-0.3, -0.25) is 4.79 Å². The van der Waals surface area contributed by atoms with Crippen LogP contribution in [0.15, 0.2) is 0 Å². The van der Waals surface area contributed by atoms with Crippen molar-refractivity contribution in [2.75, 3.05) is 6.54 Å². The molecule has 3 nitrogen and oxygen atoms in total. The van der Waals surface area contributed by atoms with Crippen LogP contribution in [-0.4, -0.2) is 23.7 Å². The van der Waals surface area contributed by atoms with Gasteiger partial charge in [-0.2, -0.15) is 0 Å². The summed E-state index contributed by atoms with van der Waals surface area (Å²) in [6.07, 6.45) is 7.73. The molecular formula is C10H17NO2. The molecule has 74 valence electrons. The fourth-order valence-electron chi connectivity index (χ4n) is 0.999. The van der Waals surface area contributed by atoms with Gasteiger partial charge in [0.15, 0.2) is 0 Å². The molecule has 0 saturated carbocycles. The van der Waals surface area contributed by atoms with Gasteiger partial charge in [-0.1, -0.05) is 0 Å². The van der Waals surface area contributed by atoms with Crippen molar-refractivity contribution in [3.05, 3.63) is 0 Å². The third kappa shape index (κ3) is 8.90. The van der Waals surface area contributed by atoms with E-state index in [0.29, 0.717) is 6.04 Å². The maximum atomic E-state index is 10.2. The fraction of sp³-hybridized carbons (Fsp3) is 0.700. The molecule has 0 spiro atoms. The van der Waals surface area contributed by atoms with Gasteiger partial charge in [0.25, 0.3) is 0 Å². The van der Waals surface area contributed by atoms with Gasteiger partial charge in [-0.25, -0.2) is 0 Å². The normalized spacial score (nSPS) is 12.0. The molecule has 13 heavy (non-hydrogen) atoms. The van der Waals surface area contributed by atoms with Crippen molar-refractivity contribution in [2.24, 2.45) is 0 Å². The highest BCUT2D eigenvalue weighted by Crippen LogP contribution is 1.95. The number of unbranched alkanes of at least 4 members (excludes halogenated alkanes) is 1. The molecule has 0 heterocycles. The van der Waals surface area contributed by atoms with Gasteiger partial charge in [0, 0.05) is 18.9 Å². The van der Waals surface area contributed by atoms with Crippen molar-refractivity contribution < 1.29 is 9.90 Å². The van der Waals surface area contributed by atoms with Gasteiger partial charge in [0.1, 0.15) is 0 Å². The predicted molar refractivity (Wildman–Crippen MR) is 52.4 cm³/mol. The average Bonchev–Trinajstić information content (AvgIpc) is 2.03. The number of carboxylic acids is 1. The third-order valence-electron chi connectivity index (χ3n) is 1.73. The number of hydrogen-bond acceptors (Lipinski definition) is 2. The van der Waals surface area contributed by atoms with E-state index in [2.05, 4.69) is 11.2 Å². The van der Waals surface area contributed by atoms with Crippen molar-refractivity contribution in [2.45, 2.75) is 38.6 Å². The molecule has 0 fully saturated rings. The third-order valence-corrected chi connectivity index (χ3v) is 1.73. The molecule has 0 rings (SSSR count). The van der Waals surface area contributed by atoms with Crippen LogP contribution < -0.4 is 5.32 Å². The van der Waals surface area contributed by atoms with Crippen molar-refractivity contribution in [1.82, 2.24) is 5.32 Å². The SMILES string of the molecule is C#CCC(C)NCCCCC(=O)O. The van der Waals surface area contributed by atoms with Gasteiger partial charge >= 0.3 is 5.97 Å². The first-order chi connectivity index (χ1) is 6.16. The Kier molecular flexibility index (Phi) is 7.04. The summed E-state index contributed by atoms with van der Waals surface area (Å²) in [5.41, 5.74) is 0. The summed E-state index contributed by atoms with van der Waals surface area (Å²) in [6, 6.07) is 0.329. The Hall–Kier alpha value is -1.01. The maximum absolute atomic E-state index is 10.2. The van der Waals surface area contributed by atoms with Crippen LogP contribution in [0.2, 0.25) is 0 Å². The van der Waals surface area contributed by atoms with E-state index in [-0.39, 0.29) is 6.42 Å². The zero-order valence-corrected chi connectivity index (χ0v) is 8.05. The van der Waals surface area contributed by atoms with E-state index < -0.39 is 5.97 Å². The Morgan fingerprint density at radius 1 is 1.62 bits per heavy atom. The molecule has 0 saturated heterocycles. The molecule has 1 unspecified atom stereocenters. The summed E-state index contributed by atoms with van der Waals surface area (Å²) < 4.78 is 0. The molecular weight excluding hydrogens is 166 g/mol. The first-order valence-corrected chi connectivity index (χ1v) is 4.55. The zero-order chi connectivity index (χ0) is 10.1. The number of carboxylic acid groups (broad SMARTS) is 1. The number of carbonyl (C=O) groups is 1. The molecule has 0 radical (unpaired) electrons. The van der Waals surface area contributed by atoms with Crippen LogP contribution in [0.25, 0.3) is 0 Å². The smallest absolute Gasteiger partial charge is 0.303 e. The highest BCUT2D eigenvalue weighted by atomic mass is 16.4. The van der Waals surface area contributed by atoms with Crippen LogP contribution in [0.1, 0.15) is 32.6 Å². The lowest BCUT2D eigenvalue weighted by molar-refractivity contribution is -0.137. The fourth-order valence-corrected chi connectivity index (χ4v) is 0.999. The van der Waals surface area contributed by atoms with Crippen LogP contribution in [-0.2, 0) is 4.79 Å². The number of nitrogens with one attached hydrogen (secondary N) is 1. The standard InChI is InChI=1S/C10H17NO2/c1-3-6-9(2)11-8-5-4-7-10(12)13/h1,9,11H,4-8H2,2H3,(H,12,13). The maximum Gasteiger partial charge on any atom is 0.303 e. The minimum atomic E-state index is -0.725. The molecule has 0 amide bonds. The lowest BCUT2D eigenvalue weighted by Crippen LogP contribution is -2.26. The Bertz CT molecular complexity index is 184. The van der Waals surface area contributed by atoms with Gasteiger partial charge in [-0.15, -0.1) is 12.3 Å². The minimum Gasteiger partial charge on any atom is -0.481 e. The second-order valence-corrected chi connectivity index (χ2v) is 3.11. The van der Waals surface area contributed by atoms with E-state index in [0.717, 1.165) is 25.8 Å². The van der Waals surface area contributed by atoms with Gasteiger partial charge in [0.05, 0.1) is 0 Å². The summed E-state index contributed by atoms with van der Waals surface area (Å²) in [5.74, 6) is 1.84. The molecule has 0 aliphatic carbocycles. The van der Waals surface area contributed by atoms with Crippen LogP contribution >= 0.6 is 0 Å². The molecule has 0 aliphatic heterocycles. The number of hydrogen-bond donors (Lipinski definition) is 2. The lowest BCUT2D eigenvalue weighted by Gasteiger charge is -2.09. The van der Waals surface area contributed by atoms with E-state index in [9.17, 15) is 4.79 Å². The quantitative estimate of drug-likeness (QED) is 0.461. The van der Waals surface area contributed by atoms with Crippen LogP contribution in [0.5, 0.6) is 0 Å². The van der Waals surface area contributed by atoms with E-state index in [1.807, 2.05) is 6.92 Å². The number of rotatable bonds is 7. The molecule has 0 aromatic heterocycles. The van der Waals surface area contributed by atoms with Crippen molar-refractivity contribution in [3.63, 3.8) is 0 Å². The van der Waals surface area contributed by atoms with Crippen LogP contribution in [0.4, 0.5) is 0 Å². The Balaban J connectivity index is 3.16. The van der Waals surface area contributed by atoms with E-state index in [1.54, 1.807) is 0 Å². The van der Waals surface area contributed by atoms with Gasteiger partial charge in [-0.05, 0) is 26.3 Å². The highest BCUT2D eigenvalue weighted by molar-refractivity contribution is 5.66. The van der Waals surface area contributed by atoms with E-state index in [4.69, 9.17) is 11.5 Å². The summed E-state index contributed by atoms with van der Waals surface area (Å²) in [7, 11) is 0. The molecule has 1 atom stereocenters. The number of aliphatic carboxylic acids is 1. The van der Waals surface area contributed by atoms with E-state index >= 15 is 0 Å². The molecule has 0 aromatic carbocycles. The first-order valence-electron chi connectivity index (χ1n) is 4.55. The largest absolute Gasteiger partial charge is 0.481 e.